The van der Waals surface area contributed by atoms with E-state index < -0.39 is 42.8 Å². The maximum Gasteiger partial charge on any atom is 0.337 e. The van der Waals surface area contributed by atoms with Gasteiger partial charge in [-0.1, -0.05) is 40.0 Å². The molecular formula is C27H57N3O9Si3. The fourth-order valence-corrected chi connectivity index (χ4v) is 13.8. The molecule has 1 rings (SSSR count). The predicted molar refractivity (Wildman–Crippen MR) is 172 cm³/mol. The molecule has 1 heterocycles. The third-order valence-electron chi connectivity index (χ3n) is 8.33. The van der Waals surface area contributed by atoms with Gasteiger partial charge in [0.05, 0.1) is 0 Å². The fourth-order valence-electron chi connectivity index (χ4n) is 5.77. The second-order valence-corrected chi connectivity index (χ2v) is 21.7. The van der Waals surface area contributed by atoms with E-state index in [9.17, 15) is 14.4 Å². The largest absolute Gasteiger partial charge is 0.398 e. The van der Waals surface area contributed by atoms with Gasteiger partial charge in [0, 0.05) is 62.3 Å². The standard InChI is InChI=1S/C27H57N3O9Si3/c1-10-19-40(34-4,35-5)22-13-16-28-25(31)29(17-14-23-41(36-6,37-7)20-11-2)27(33)30(26(28)32)18-15-24-42(38-8,39-9)21-12-3/h10-24H2,1-9H3. The zero-order chi connectivity index (χ0) is 31.8. The Hall–Kier alpha value is -1.18. The summed E-state index contributed by atoms with van der Waals surface area (Å²) in [4.78, 5) is 40.8. The van der Waals surface area contributed by atoms with Crippen LogP contribution in [0.15, 0.2) is 14.4 Å². The lowest BCUT2D eigenvalue weighted by Crippen LogP contribution is -2.55. The molecule has 0 bridgehead atoms. The molecule has 0 radical (unpaired) electrons. The number of hydrogen-bond donors (Lipinski definition) is 0. The highest BCUT2D eigenvalue weighted by molar-refractivity contribution is 6.68. The van der Waals surface area contributed by atoms with Crippen molar-refractivity contribution in [2.24, 2.45) is 0 Å². The van der Waals surface area contributed by atoms with Crippen LogP contribution in [0, 0.1) is 0 Å². The Bertz CT molecular complexity index is 918. The molecule has 246 valence electrons. The Morgan fingerprint density at radius 3 is 0.810 bits per heavy atom. The highest BCUT2D eigenvalue weighted by Crippen LogP contribution is 2.23. The Labute approximate surface area is 255 Å². The van der Waals surface area contributed by atoms with E-state index in [0.717, 1.165) is 37.4 Å². The zero-order valence-electron chi connectivity index (χ0n) is 27.6. The van der Waals surface area contributed by atoms with Gasteiger partial charge in [-0.25, -0.2) is 28.1 Å². The van der Waals surface area contributed by atoms with Gasteiger partial charge >= 0.3 is 42.8 Å². The van der Waals surface area contributed by atoms with Crippen LogP contribution in [0.25, 0.3) is 0 Å². The SMILES string of the molecule is CCC[Si](CCCn1c(=O)n(CCC[Si](CCC)(OC)OC)c(=O)n(CCC[Si](CCC)(OC)OC)c1=O)(OC)OC. The molecule has 0 saturated carbocycles. The minimum absolute atomic E-state index is 0.179. The summed E-state index contributed by atoms with van der Waals surface area (Å²) < 4.78 is 38.4. The van der Waals surface area contributed by atoms with Crippen LogP contribution in [0.4, 0.5) is 0 Å². The van der Waals surface area contributed by atoms with Crippen molar-refractivity contribution < 1.29 is 26.6 Å². The summed E-state index contributed by atoms with van der Waals surface area (Å²) in [7, 11) is 2.69. The van der Waals surface area contributed by atoms with E-state index >= 15 is 0 Å². The van der Waals surface area contributed by atoms with Gasteiger partial charge in [-0.2, -0.15) is 0 Å². The summed E-state index contributed by atoms with van der Waals surface area (Å²) >= 11 is 0. The second kappa shape index (κ2) is 19.3. The molecule has 1 aromatic rings. The maximum atomic E-state index is 13.6. The first kappa shape index (κ1) is 38.8. The van der Waals surface area contributed by atoms with Crippen LogP contribution >= 0.6 is 0 Å². The molecular weight excluding hydrogens is 595 g/mol. The minimum Gasteiger partial charge on any atom is -0.398 e. The van der Waals surface area contributed by atoms with Crippen LogP contribution in [-0.4, -0.2) is 82.0 Å². The summed E-state index contributed by atoms with van der Waals surface area (Å²) in [5, 5.41) is 0. The van der Waals surface area contributed by atoms with Crippen LogP contribution < -0.4 is 17.1 Å². The Kier molecular flexibility index (Phi) is 17.8. The van der Waals surface area contributed by atoms with Gasteiger partial charge in [0.15, 0.2) is 0 Å². The molecule has 0 atom stereocenters. The van der Waals surface area contributed by atoms with Crippen molar-refractivity contribution in [3.05, 3.63) is 31.5 Å². The Morgan fingerprint density at radius 1 is 0.429 bits per heavy atom. The van der Waals surface area contributed by atoms with E-state index in [2.05, 4.69) is 20.8 Å². The Balaban J connectivity index is 3.40. The van der Waals surface area contributed by atoms with Gasteiger partial charge in [0.25, 0.3) is 0 Å². The third kappa shape index (κ3) is 10.2. The predicted octanol–water partition coefficient (Wildman–Crippen LogP) is 3.78. The summed E-state index contributed by atoms with van der Waals surface area (Å²) in [5.74, 6) is 0. The van der Waals surface area contributed by atoms with Gasteiger partial charge in [-0.05, 0) is 55.5 Å². The number of hydrogen-bond acceptors (Lipinski definition) is 9. The van der Waals surface area contributed by atoms with E-state index in [1.165, 1.54) is 13.7 Å². The van der Waals surface area contributed by atoms with Crippen molar-refractivity contribution >= 4 is 25.7 Å². The summed E-state index contributed by atoms with van der Waals surface area (Å²) in [5.41, 5.74) is -1.75. The molecule has 0 spiro atoms. The molecule has 1 aromatic heterocycles. The first-order valence-corrected chi connectivity index (χ1v) is 22.0. The molecule has 12 nitrogen and oxygen atoms in total. The average molecular weight is 652 g/mol. The van der Waals surface area contributed by atoms with Crippen molar-refractivity contribution in [1.82, 2.24) is 13.7 Å². The zero-order valence-corrected chi connectivity index (χ0v) is 30.6. The van der Waals surface area contributed by atoms with Crippen molar-refractivity contribution in [2.75, 3.05) is 42.7 Å². The molecule has 42 heavy (non-hydrogen) atoms. The smallest absolute Gasteiger partial charge is 0.337 e. The van der Waals surface area contributed by atoms with Crippen LogP contribution in [0.1, 0.15) is 59.3 Å². The molecule has 0 aromatic carbocycles. The van der Waals surface area contributed by atoms with E-state index in [-0.39, 0.29) is 19.6 Å². The average Bonchev–Trinajstić information content (AvgIpc) is 3.00. The van der Waals surface area contributed by atoms with E-state index in [1.807, 2.05) is 0 Å². The monoisotopic (exact) mass is 651 g/mol. The van der Waals surface area contributed by atoms with Gasteiger partial charge in [-0.15, -0.1) is 0 Å². The molecule has 0 aliphatic rings. The van der Waals surface area contributed by atoms with Crippen molar-refractivity contribution in [3.63, 3.8) is 0 Å². The van der Waals surface area contributed by atoms with E-state index in [1.54, 1.807) is 42.7 Å². The van der Waals surface area contributed by atoms with E-state index in [0.29, 0.717) is 37.4 Å². The summed E-state index contributed by atoms with van der Waals surface area (Å²) in [6.07, 6.45) is 4.35. The molecule has 15 heteroatoms. The molecule has 0 saturated heterocycles. The molecule has 0 fully saturated rings. The summed E-state index contributed by atoms with van der Waals surface area (Å²) in [6, 6.07) is 4.38. The lowest BCUT2D eigenvalue weighted by atomic mass is 10.4. The molecule has 0 aliphatic heterocycles. The lowest BCUT2D eigenvalue weighted by molar-refractivity contribution is 0.238. The second-order valence-electron chi connectivity index (χ2n) is 10.8. The normalized spacial score (nSPS) is 12.8. The van der Waals surface area contributed by atoms with Gasteiger partial charge < -0.3 is 26.6 Å². The topological polar surface area (TPSA) is 121 Å². The first-order valence-electron chi connectivity index (χ1n) is 15.3. The van der Waals surface area contributed by atoms with Crippen LogP contribution in [0.5, 0.6) is 0 Å². The van der Waals surface area contributed by atoms with Crippen LogP contribution in [0.2, 0.25) is 36.3 Å². The Morgan fingerprint density at radius 2 is 0.643 bits per heavy atom. The first-order chi connectivity index (χ1) is 20.1. The highest BCUT2D eigenvalue weighted by atomic mass is 28.4. The number of aromatic nitrogens is 3. The maximum absolute atomic E-state index is 13.6. The van der Waals surface area contributed by atoms with Gasteiger partial charge in [0.1, 0.15) is 0 Å². The molecule has 0 amide bonds. The fraction of sp³-hybridized carbons (Fsp3) is 0.889. The highest BCUT2D eigenvalue weighted by Gasteiger charge is 2.36. The quantitative estimate of drug-likeness (QED) is 0.154. The van der Waals surface area contributed by atoms with Gasteiger partial charge in [-0.3, -0.25) is 0 Å². The van der Waals surface area contributed by atoms with Crippen molar-refractivity contribution in [2.45, 2.75) is 115 Å². The molecule has 0 unspecified atom stereocenters. The number of rotatable bonds is 24. The number of nitrogens with zero attached hydrogens (tertiary/aromatic N) is 3. The molecule has 0 N–H and O–H groups in total. The van der Waals surface area contributed by atoms with Gasteiger partial charge in [0.2, 0.25) is 0 Å². The van der Waals surface area contributed by atoms with Crippen LogP contribution in [0.3, 0.4) is 0 Å². The lowest BCUT2D eigenvalue weighted by Gasteiger charge is -2.27. The van der Waals surface area contributed by atoms with Crippen LogP contribution in [-0.2, 0) is 46.2 Å². The van der Waals surface area contributed by atoms with E-state index in [4.69, 9.17) is 26.6 Å². The summed E-state index contributed by atoms with van der Waals surface area (Å²) in [6.45, 7) is 6.77. The third-order valence-corrected chi connectivity index (χ3v) is 19.9. The van der Waals surface area contributed by atoms with Crippen molar-refractivity contribution in [3.8, 4) is 0 Å². The molecule has 0 aliphatic carbocycles. The minimum atomic E-state index is -2.43. The van der Waals surface area contributed by atoms with Crippen molar-refractivity contribution in [1.29, 1.82) is 0 Å².